The van der Waals surface area contributed by atoms with Crippen molar-refractivity contribution in [2.75, 3.05) is 13.1 Å². The summed E-state index contributed by atoms with van der Waals surface area (Å²) in [6.07, 6.45) is 5.71. The van der Waals surface area contributed by atoms with Crippen molar-refractivity contribution in [1.29, 1.82) is 0 Å². The van der Waals surface area contributed by atoms with E-state index in [1.807, 2.05) is 0 Å². The van der Waals surface area contributed by atoms with Crippen LogP contribution in [0.2, 0.25) is 0 Å². The number of hydrogen-bond donors (Lipinski definition) is 1. The Hall–Kier alpha value is -0.860. The predicted molar refractivity (Wildman–Crippen MR) is 78.0 cm³/mol. The molecule has 0 spiro atoms. The van der Waals surface area contributed by atoms with E-state index in [4.69, 9.17) is 0 Å². The standard InChI is InChI=1S/C17H25NO/c1-14-5-7-15(8-6-14)12-18-11-10-17(19)9-3-2-4-16(17)13-18/h5-8,16,19H,2-4,9-13H2,1H3. The molecule has 1 aliphatic heterocycles. The zero-order valence-electron chi connectivity index (χ0n) is 11.9. The number of likely N-dealkylation sites (tertiary alicyclic amines) is 1. The van der Waals surface area contributed by atoms with Crippen LogP contribution in [0.5, 0.6) is 0 Å². The van der Waals surface area contributed by atoms with Crippen molar-refractivity contribution in [2.24, 2.45) is 5.92 Å². The molecule has 2 unspecified atom stereocenters. The number of hydrogen-bond acceptors (Lipinski definition) is 2. The van der Waals surface area contributed by atoms with E-state index in [0.29, 0.717) is 5.92 Å². The molecule has 0 aromatic heterocycles. The van der Waals surface area contributed by atoms with Gasteiger partial charge in [-0.05, 0) is 31.7 Å². The van der Waals surface area contributed by atoms with Gasteiger partial charge in [0.2, 0.25) is 0 Å². The Bertz CT molecular complexity index is 427. The first-order valence-electron chi connectivity index (χ1n) is 7.66. The molecule has 19 heavy (non-hydrogen) atoms. The maximum atomic E-state index is 10.7. The lowest BCUT2D eigenvalue weighted by molar-refractivity contribution is -0.0967. The molecule has 1 saturated heterocycles. The zero-order valence-corrected chi connectivity index (χ0v) is 11.9. The molecule has 2 atom stereocenters. The molecule has 0 bridgehead atoms. The van der Waals surface area contributed by atoms with Crippen LogP contribution in [0, 0.1) is 12.8 Å². The van der Waals surface area contributed by atoms with Crippen molar-refractivity contribution in [3.05, 3.63) is 35.4 Å². The summed E-state index contributed by atoms with van der Waals surface area (Å²) in [4.78, 5) is 2.52. The van der Waals surface area contributed by atoms with Gasteiger partial charge in [0.15, 0.2) is 0 Å². The quantitative estimate of drug-likeness (QED) is 0.882. The Morgan fingerprint density at radius 2 is 2.00 bits per heavy atom. The normalized spacial score (nSPS) is 32.0. The largest absolute Gasteiger partial charge is 0.390 e. The summed E-state index contributed by atoms with van der Waals surface area (Å²) < 4.78 is 0. The van der Waals surface area contributed by atoms with Crippen molar-refractivity contribution in [3.63, 3.8) is 0 Å². The first-order valence-corrected chi connectivity index (χ1v) is 7.66. The van der Waals surface area contributed by atoms with Gasteiger partial charge in [-0.3, -0.25) is 4.90 Å². The Labute approximate surface area is 116 Å². The Morgan fingerprint density at radius 3 is 2.79 bits per heavy atom. The van der Waals surface area contributed by atoms with Crippen LogP contribution >= 0.6 is 0 Å². The summed E-state index contributed by atoms with van der Waals surface area (Å²) in [6, 6.07) is 8.85. The number of aryl methyl sites for hydroxylation is 1. The molecule has 1 N–H and O–H groups in total. The van der Waals surface area contributed by atoms with E-state index in [-0.39, 0.29) is 5.60 Å². The van der Waals surface area contributed by atoms with E-state index in [1.165, 1.54) is 30.4 Å². The van der Waals surface area contributed by atoms with Gasteiger partial charge in [-0.25, -0.2) is 0 Å². The summed E-state index contributed by atoms with van der Waals surface area (Å²) >= 11 is 0. The minimum absolute atomic E-state index is 0.345. The average molecular weight is 259 g/mol. The van der Waals surface area contributed by atoms with Gasteiger partial charge in [0.05, 0.1) is 5.60 Å². The lowest BCUT2D eigenvalue weighted by Crippen LogP contribution is -2.52. The van der Waals surface area contributed by atoms with Gasteiger partial charge in [0, 0.05) is 25.6 Å². The second-order valence-electron chi connectivity index (χ2n) is 6.52. The Balaban J connectivity index is 1.63. The van der Waals surface area contributed by atoms with E-state index in [2.05, 4.69) is 36.1 Å². The zero-order chi connectivity index (χ0) is 13.3. The minimum Gasteiger partial charge on any atom is -0.390 e. The third-order valence-corrected chi connectivity index (χ3v) is 5.04. The molecule has 2 aliphatic rings. The van der Waals surface area contributed by atoms with Gasteiger partial charge >= 0.3 is 0 Å². The first kappa shape index (κ1) is 13.1. The molecule has 1 aromatic rings. The Morgan fingerprint density at radius 1 is 1.21 bits per heavy atom. The van der Waals surface area contributed by atoms with Gasteiger partial charge in [-0.15, -0.1) is 0 Å². The monoisotopic (exact) mass is 259 g/mol. The third-order valence-electron chi connectivity index (χ3n) is 5.04. The summed E-state index contributed by atoms with van der Waals surface area (Å²) in [5.74, 6) is 0.500. The molecular formula is C17H25NO. The highest BCUT2D eigenvalue weighted by atomic mass is 16.3. The molecule has 0 amide bonds. The van der Waals surface area contributed by atoms with Gasteiger partial charge in [0.1, 0.15) is 0 Å². The highest BCUT2D eigenvalue weighted by molar-refractivity contribution is 5.21. The van der Waals surface area contributed by atoms with E-state index in [0.717, 1.165) is 32.5 Å². The maximum Gasteiger partial charge on any atom is 0.0700 e. The molecule has 2 nitrogen and oxygen atoms in total. The highest BCUT2D eigenvalue weighted by Gasteiger charge is 2.42. The van der Waals surface area contributed by atoms with E-state index in [9.17, 15) is 5.11 Å². The van der Waals surface area contributed by atoms with Crippen LogP contribution in [0.25, 0.3) is 0 Å². The number of rotatable bonds is 2. The number of fused-ring (bicyclic) bond motifs is 1. The first-order chi connectivity index (χ1) is 9.16. The van der Waals surface area contributed by atoms with Crippen molar-refractivity contribution >= 4 is 0 Å². The lowest BCUT2D eigenvalue weighted by Gasteiger charge is -2.47. The molecule has 0 radical (unpaired) electrons. The van der Waals surface area contributed by atoms with Crippen molar-refractivity contribution in [2.45, 2.75) is 51.2 Å². The molecule has 2 fully saturated rings. The topological polar surface area (TPSA) is 23.5 Å². The molecule has 3 rings (SSSR count). The van der Waals surface area contributed by atoms with Gasteiger partial charge in [0.25, 0.3) is 0 Å². The molecule has 1 aromatic carbocycles. The third kappa shape index (κ3) is 2.85. The minimum atomic E-state index is -0.345. The van der Waals surface area contributed by atoms with Crippen molar-refractivity contribution < 1.29 is 5.11 Å². The molecule has 1 aliphatic carbocycles. The van der Waals surface area contributed by atoms with Crippen LogP contribution in [-0.4, -0.2) is 28.7 Å². The SMILES string of the molecule is Cc1ccc(CN2CCC3(O)CCCCC3C2)cc1. The second kappa shape index (κ2) is 5.26. The van der Waals surface area contributed by atoms with E-state index < -0.39 is 0 Å². The van der Waals surface area contributed by atoms with Crippen LogP contribution in [0.1, 0.15) is 43.2 Å². The fourth-order valence-corrected chi connectivity index (χ4v) is 3.73. The number of piperidine rings is 1. The summed E-state index contributed by atoms with van der Waals surface area (Å²) in [5, 5.41) is 10.7. The van der Waals surface area contributed by atoms with E-state index >= 15 is 0 Å². The van der Waals surface area contributed by atoms with Gasteiger partial charge in [-0.2, -0.15) is 0 Å². The van der Waals surface area contributed by atoms with Crippen LogP contribution in [-0.2, 0) is 6.54 Å². The van der Waals surface area contributed by atoms with Crippen LogP contribution in [0.3, 0.4) is 0 Å². The van der Waals surface area contributed by atoms with Crippen LogP contribution in [0.4, 0.5) is 0 Å². The summed E-state index contributed by atoms with van der Waals surface area (Å²) in [5.41, 5.74) is 2.37. The van der Waals surface area contributed by atoms with E-state index in [1.54, 1.807) is 0 Å². The number of nitrogens with zero attached hydrogens (tertiary/aromatic N) is 1. The molecule has 104 valence electrons. The second-order valence-corrected chi connectivity index (χ2v) is 6.52. The molecule has 1 heterocycles. The molecule has 2 heteroatoms. The fraction of sp³-hybridized carbons (Fsp3) is 0.647. The number of aliphatic hydroxyl groups is 1. The van der Waals surface area contributed by atoms with Gasteiger partial charge < -0.3 is 5.11 Å². The van der Waals surface area contributed by atoms with Crippen molar-refractivity contribution in [3.8, 4) is 0 Å². The lowest BCUT2D eigenvalue weighted by atomic mass is 9.71. The van der Waals surface area contributed by atoms with Crippen molar-refractivity contribution in [1.82, 2.24) is 4.90 Å². The summed E-state index contributed by atoms with van der Waals surface area (Å²) in [6.45, 7) is 5.28. The smallest absolute Gasteiger partial charge is 0.0700 e. The molecule has 1 saturated carbocycles. The Kier molecular flexibility index (Phi) is 3.64. The number of benzene rings is 1. The maximum absolute atomic E-state index is 10.7. The highest BCUT2D eigenvalue weighted by Crippen LogP contribution is 2.39. The summed E-state index contributed by atoms with van der Waals surface area (Å²) in [7, 11) is 0. The van der Waals surface area contributed by atoms with Crippen LogP contribution < -0.4 is 0 Å². The average Bonchev–Trinajstić information content (AvgIpc) is 2.41. The fourth-order valence-electron chi connectivity index (χ4n) is 3.73. The predicted octanol–water partition coefficient (Wildman–Crippen LogP) is 3.12. The van der Waals surface area contributed by atoms with Gasteiger partial charge in [-0.1, -0.05) is 42.7 Å². The van der Waals surface area contributed by atoms with Crippen LogP contribution in [0.15, 0.2) is 24.3 Å². The molecular weight excluding hydrogens is 234 g/mol.